The van der Waals surface area contributed by atoms with Gasteiger partial charge in [0.2, 0.25) is 0 Å². The van der Waals surface area contributed by atoms with Crippen molar-refractivity contribution in [2.45, 2.75) is 70.3 Å². The van der Waals surface area contributed by atoms with Crippen molar-refractivity contribution >= 4 is 22.6 Å². The van der Waals surface area contributed by atoms with Gasteiger partial charge in [0, 0.05) is 43.1 Å². The van der Waals surface area contributed by atoms with E-state index >= 15 is 0 Å². The number of H-pyrrole nitrogens is 1. The summed E-state index contributed by atoms with van der Waals surface area (Å²) in [7, 11) is 0. The first-order valence-corrected chi connectivity index (χ1v) is 11.5. The number of anilines is 1. The van der Waals surface area contributed by atoms with E-state index in [9.17, 15) is 23.1 Å². The Morgan fingerprint density at radius 3 is 2.60 bits per heavy atom. The van der Waals surface area contributed by atoms with E-state index < -0.39 is 36.2 Å². The lowest BCUT2D eigenvalue weighted by molar-refractivity contribution is -0.277. The van der Waals surface area contributed by atoms with Crippen LogP contribution in [0.5, 0.6) is 0 Å². The molecule has 0 radical (unpaired) electrons. The van der Waals surface area contributed by atoms with Crippen LogP contribution in [0.3, 0.4) is 0 Å². The largest absolute Gasteiger partial charge is 0.417 e. The Morgan fingerprint density at radius 1 is 1.20 bits per heavy atom. The predicted molar refractivity (Wildman–Crippen MR) is 122 cm³/mol. The van der Waals surface area contributed by atoms with Gasteiger partial charge >= 0.3 is 12.2 Å². The van der Waals surface area contributed by atoms with Gasteiger partial charge in [0.1, 0.15) is 5.69 Å². The summed E-state index contributed by atoms with van der Waals surface area (Å²) in [6.45, 7) is 6.87. The Hall–Kier alpha value is -3.15. The van der Waals surface area contributed by atoms with Crippen LogP contribution < -0.4 is 5.32 Å². The predicted octanol–water partition coefficient (Wildman–Crippen LogP) is 4.32. The van der Waals surface area contributed by atoms with Crippen molar-refractivity contribution in [2.24, 2.45) is 5.41 Å². The second-order valence-electron chi connectivity index (χ2n) is 10.9. The molecule has 2 fully saturated rings. The SMILES string of the molecule is CC(C)(C)Cn1ncc2cnc(-c3[nH]ncc3NC(=O)N3CCC(O)(C(F)(F)F)CC34CC4)cc21. The van der Waals surface area contributed by atoms with Crippen LogP contribution in [0, 0.1) is 5.41 Å². The van der Waals surface area contributed by atoms with Gasteiger partial charge in [0.25, 0.3) is 0 Å². The smallest absolute Gasteiger partial charge is 0.380 e. The molecule has 2 aliphatic rings. The zero-order valence-electron chi connectivity index (χ0n) is 19.8. The molecule has 188 valence electrons. The van der Waals surface area contributed by atoms with Gasteiger partial charge in [-0.25, -0.2) is 4.79 Å². The third-order valence-electron chi connectivity index (χ3n) is 6.83. The quantitative estimate of drug-likeness (QED) is 0.505. The number of aromatic nitrogens is 5. The molecule has 1 aliphatic heterocycles. The maximum Gasteiger partial charge on any atom is 0.417 e. The monoisotopic (exact) mass is 491 g/mol. The summed E-state index contributed by atoms with van der Waals surface area (Å²) in [6, 6.07) is 1.34. The molecular formula is C23H28F3N7O2. The minimum absolute atomic E-state index is 0.0149. The van der Waals surface area contributed by atoms with E-state index in [4.69, 9.17) is 0 Å². The first-order valence-electron chi connectivity index (χ1n) is 11.5. The number of nitrogens with one attached hydrogen (secondary N) is 2. The lowest BCUT2D eigenvalue weighted by Gasteiger charge is -2.45. The Balaban J connectivity index is 1.37. The number of aromatic amines is 1. The van der Waals surface area contributed by atoms with Gasteiger partial charge in [-0.2, -0.15) is 23.4 Å². The molecule has 4 heterocycles. The van der Waals surface area contributed by atoms with E-state index in [1.54, 1.807) is 12.4 Å². The van der Waals surface area contributed by atoms with Crippen LogP contribution in [-0.2, 0) is 6.54 Å². The molecule has 5 rings (SSSR count). The maximum atomic E-state index is 13.4. The normalized spacial score (nSPS) is 22.1. The van der Waals surface area contributed by atoms with Gasteiger partial charge in [0.05, 0.1) is 29.3 Å². The third kappa shape index (κ3) is 4.24. The molecule has 1 spiro atoms. The number of likely N-dealkylation sites (tertiary alicyclic amines) is 1. The molecule has 3 N–H and O–H groups in total. The van der Waals surface area contributed by atoms with Crippen LogP contribution in [0.4, 0.5) is 23.7 Å². The van der Waals surface area contributed by atoms with E-state index in [0.29, 0.717) is 36.5 Å². The molecule has 3 aromatic heterocycles. The summed E-state index contributed by atoms with van der Waals surface area (Å²) >= 11 is 0. The molecule has 1 saturated carbocycles. The number of fused-ring (bicyclic) bond motifs is 1. The molecule has 2 amide bonds. The molecular weight excluding hydrogens is 463 g/mol. The Morgan fingerprint density at radius 2 is 1.94 bits per heavy atom. The van der Waals surface area contributed by atoms with E-state index in [0.717, 1.165) is 10.9 Å². The molecule has 1 atom stereocenters. The molecule has 3 aromatic rings. The number of hydrogen-bond acceptors (Lipinski definition) is 5. The van der Waals surface area contributed by atoms with Crippen LogP contribution in [0.15, 0.2) is 24.7 Å². The number of halogens is 3. The Kier molecular flexibility index (Phi) is 5.17. The fraction of sp³-hybridized carbons (Fsp3) is 0.565. The first kappa shape index (κ1) is 23.6. The van der Waals surface area contributed by atoms with Crippen molar-refractivity contribution in [3.8, 4) is 11.4 Å². The molecule has 0 bridgehead atoms. The van der Waals surface area contributed by atoms with Gasteiger partial charge < -0.3 is 15.3 Å². The zero-order valence-corrected chi connectivity index (χ0v) is 19.8. The van der Waals surface area contributed by atoms with Gasteiger partial charge in [0.15, 0.2) is 5.60 Å². The summed E-state index contributed by atoms with van der Waals surface area (Å²) in [6.07, 6.45) is -0.0505. The number of aliphatic hydroxyl groups is 1. The zero-order chi connectivity index (χ0) is 25.2. The van der Waals surface area contributed by atoms with Gasteiger partial charge in [-0.3, -0.25) is 14.8 Å². The molecule has 1 unspecified atom stereocenters. The van der Waals surface area contributed by atoms with Crippen LogP contribution in [-0.4, -0.2) is 64.9 Å². The van der Waals surface area contributed by atoms with E-state index in [-0.39, 0.29) is 12.0 Å². The summed E-state index contributed by atoms with van der Waals surface area (Å²) in [5.74, 6) is 0. The highest BCUT2D eigenvalue weighted by molar-refractivity contribution is 5.94. The topological polar surface area (TPSA) is 112 Å². The second-order valence-corrected chi connectivity index (χ2v) is 10.9. The number of carbonyl (C=O) groups is 1. The number of urea groups is 1. The number of pyridine rings is 1. The molecule has 35 heavy (non-hydrogen) atoms. The standard InChI is InChI=1S/C23H28F3N7O2/c1-20(2,3)13-33-17-8-15(27-9-14(17)10-29-33)18-16(11-28-31-18)30-19(34)32-7-6-22(35,23(24,25)26)12-21(32)4-5-21/h8-11,35H,4-7,12-13H2,1-3H3,(H,28,31)(H,30,34). The van der Waals surface area contributed by atoms with Crippen molar-refractivity contribution in [1.29, 1.82) is 0 Å². The van der Waals surface area contributed by atoms with Crippen molar-refractivity contribution < 1.29 is 23.1 Å². The number of rotatable bonds is 3. The van der Waals surface area contributed by atoms with Crippen LogP contribution in [0.25, 0.3) is 22.3 Å². The van der Waals surface area contributed by atoms with Crippen LogP contribution in [0.2, 0.25) is 0 Å². The lowest BCUT2D eigenvalue weighted by atomic mass is 9.84. The minimum Gasteiger partial charge on any atom is -0.380 e. The fourth-order valence-electron chi connectivity index (χ4n) is 4.86. The number of alkyl halides is 3. The third-order valence-corrected chi connectivity index (χ3v) is 6.83. The second kappa shape index (κ2) is 7.67. The number of carbonyl (C=O) groups excluding carboxylic acids is 1. The summed E-state index contributed by atoms with van der Waals surface area (Å²) in [5, 5.41) is 25.2. The summed E-state index contributed by atoms with van der Waals surface area (Å²) in [5.41, 5.74) is -1.44. The Bertz CT molecular complexity index is 1270. The van der Waals surface area contributed by atoms with E-state index in [2.05, 4.69) is 46.4 Å². The van der Waals surface area contributed by atoms with E-state index in [1.165, 1.54) is 11.1 Å². The van der Waals surface area contributed by atoms with Crippen LogP contribution in [0.1, 0.15) is 46.5 Å². The number of amides is 2. The maximum absolute atomic E-state index is 13.4. The van der Waals surface area contributed by atoms with Crippen molar-refractivity contribution in [1.82, 2.24) is 29.9 Å². The first-order chi connectivity index (χ1) is 16.3. The molecule has 9 nitrogen and oxygen atoms in total. The molecule has 12 heteroatoms. The van der Waals surface area contributed by atoms with Crippen molar-refractivity contribution in [2.75, 3.05) is 11.9 Å². The average molecular weight is 492 g/mol. The summed E-state index contributed by atoms with van der Waals surface area (Å²) < 4.78 is 42.1. The van der Waals surface area contributed by atoms with Gasteiger partial charge in [-0.1, -0.05) is 20.8 Å². The number of hydrogen-bond donors (Lipinski definition) is 3. The van der Waals surface area contributed by atoms with Gasteiger partial charge in [-0.05, 0) is 24.3 Å². The molecule has 1 saturated heterocycles. The van der Waals surface area contributed by atoms with Gasteiger partial charge in [-0.15, -0.1) is 0 Å². The highest BCUT2D eigenvalue weighted by atomic mass is 19.4. The van der Waals surface area contributed by atoms with Crippen molar-refractivity contribution in [3.05, 3.63) is 24.7 Å². The molecule has 1 aliphatic carbocycles. The highest BCUT2D eigenvalue weighted by Gasteiger charge is 2.65. The lowest BCUT2D eigenvalue weighted by Crippen LogP contribution is -2.60. The molecule has 0 aromatic carbocycles. The van der Waals surface area contributed by atoms with E-state index in [1.807, 2.05) is 10.7 Å². The van der Waals surface area contributed by atoms with Crippen molar-refractivity contribution in [3.63, 3.8) is 0 Å². The Labute approximate surface area is 199 Å². The fourth-order valence-corrected chi connectivity index (χ4v) is 4.86. The summed E-state index contributed by atoms with van der Waals surface area (Å²) in [4.78, 5) is 19.0. The number of nitrogens with zero attached hydrogens (tertiary/aromatic N) is 5. The minimum atomic E-state index is -4.73. The highest BCUT2D eigenvalue weighted by Crippen LogP contribution is 2.55. The number of piperidine rings is 1. The van der Waals surface area contributed by atoms with Crippen LogP contribution >= 0.6 is 0 Å². The average Bonchev–Trinajstić information content (AvgIpc) is 3.16.